The number of amides is 1. The maximum atomic E-state index is 11.2. The van der Waals surface area contributed by atoms with Crippen LogP contribution in [0.5, 0.6) is 0 Å². The van der Waals surface area contributed by atoms with Crippen LogP contribution in [0.15, 0.2) is 0 Å². The highest BCUT2D eigenvalue weighted by molar-refractivity contribution is 6.76. The van der Waals surface area contributed by atoms with Crippen molar-refractivity contribution < 1.29 is 14.3 Å². The number of unbranched alkanes of at least 4 members (excludes halogenated alkanes) is 1. The Labute approximate surface area is 112 Å². The van der Waals surface area contributed by atoms with Crippen molar-refractivity contribution >= 4 is 20.6 Å². The Morgan fingerprint density at radius 3 is 2.44 bits per heavy atom. The Kier molecular flexibility index (Phi) is 8.71. The number of esters is 1. The molecule has 0 aromatic carbocycles. The Morgan fingerprint density at radius 2 is 1.94 bits per heavy atom. The van der Waals surface area contributed by atoms with Gasteiger partial charge < -0.3 is 9.30 Å². The average molecular weight is 272 g/mol. The third kappa shape index (κ3) is 6.79. The van der Waals surface area contributed by atoms with Gasteiger partial charge in [0.05, 0.1) is 6.61 Å². The van der Waals surface area contributed by atoms with Gasteiger partial charge in [0.2, 0.25) is 0 Å². The van der Waals surface area contributed by atoms with E-state index in [1.54, 1.807) is 6.92 Å². The lowest BCUT2D eigenvalue weighted by Gasteiger charge is -2.33. The lowest BCUT2D eigenvalue weighted by molar-refractivity contribution is -0.143. The summed E-state index contributed by atoms with van der Waals surface area (Å²) < 4.78 is 6.67. The molecule has 1 radical (unpaired) electrons. The highest BCUT2D eigenvalue weighted by Gasteiger charge is 2.28. The summed E-state index contributed by atoms with van der Waals surface area (Å²) in [6, 6.07) is 1.10. The van der Waals surface area contributed by atoms with Crippen molar-refractivity contribution in [2.75, 3.05) is 13.2 Å². The number of hydrogen-bond acceptors (Lipinski definition) is 3. The molecule has 0 aromatic heterocycles. The van der Waals surface area contributed by atoms with Gasteiger partial charge >= 0.3 is 12.4 Å². The average Bonchev–Trinajstić information content (AvgIpc) is 2.32. The number of rotatable bonds is 10. The first kappa shape index (κ1) is 17.2. The summed E-state index contributed by atoms with van der Waals surface area (Å²) in [6.07, 6.45) is 5.39. The van der Waals surface area contributed by atoms with Gasteiger partial charge in [0, 0.05) is 13.0 Å². The van der Waals surface area contributed by atoms with E-state index in [0.717, 1.165) is 18.9 Å². The van der Waals surface area contributed by atoms with Crippen LogP contribution in [0.4, 0.5) is 0 Å². The van der Waals surface area contributed by atoms with Gasteiger partial charge in [-0.1, -0.05) is 32.9 Å². The monoisotopic (exact) mass is 272 g/mol. The largest absolute Gasteiger partial charge is 0.466 e. The second-order valence-corrected chi connectivity index (χ2v) is 9.73. The second-order valence-electron chi connectivity index (χ2n) is 5.07. The molecule has 0 aliphatic carbocycles. The molecule has 4 nitrogen and oxygen atoms in total. The molecule has 105 valence electrons. The minimum Gasteiger partial charge on any atom is -0.466 e. The second kappa shape index (κ2) is 9.14. The van der Waals surface area contributed by atoms with Gasteiger partial charge in [0.15, 0.2) is 8.24 Å². The fourth-order valence-electron chi connectivity index (χ4n) is 1.83. The first-order valence-electron chi connectivity index (χ1n) is 6.79. The fourth-order valence-corrected chi connectivity index (χ4v) is 4.33. The van der Waals surface area contributed by atoms with Crippen molar-refractivity contribution in [3.05, 3.63) is 0 Å². The fraction of sp³-hybridized carbons (Fsp3) is 0.846. The highest BCUT2D eigenvalue weighted by atomic mass is 28.3. The molecule has 0 spiro atoms. The van der Waals surface area contributed by atoms with E-state index >= 15 is 0 Å². The normalized spacial score (nSPS) is 11.1. The third-order valence-electron chi connectivity index (χ3n) is 3.05. The Bertz CT molecular complexity index is 257. The van der Waals surface area contributed by atoms with Crippen LogP contribution in [0.1, 0.15) is 39.5 Å². The number of carbonyl (C=O) groups is 1. The molecule has 0 rings (SSSR count). The Balaban J connectivity index is 4.09. The smallest absolute Gasteiger partial charge is 0.305 e. The van der Waals surface area contributed by atoms with Crippen LogP contribution in [0, 0.1) is 0 Å². The molecular weight excluding hydrogens is 246 g/mol. The molecular formula is C13H26NO3Si. The van der Waals surface area contributed by atoms with Crippen molar-refractivity contribution in [1.29, 1.82) is 0 Å². The third-order valence-corrected chi connectivity index (χ3v) is 6.40. The SMILES string of the molecule is CCCC[Si](C)(C)N([C]=O)CCCC(=O)OCC. The molecule has 18 heavy (non-hydrogen) atoms. The van der Waals surface area contributed by atoms with Gasteiger partial charge in [-0.05, 0) is 19.4 Å². The standard InChI is InChI=1S/C13H26NO3Si/c1-5-7-11-18(3,4)14(12-15)10-8-9-13(16)17-6-2/h5-11H2,1-4H3. The number of nitrogens with zero attached hydrogens (tertiary/aromatic N) is 1. The highest BCUT2D eigenvalue weighted by Crippen LogP contribution is 2.18. The lowest BCUT2D eigenvalue weighted by Crippen LogP contribution is -2.48. The predicted molar refractivity (Wildman–Crippen MR) is 75.5 cm³/mol. The van der Waals surface area contributed by atoms with Crippen molar-refractivity contribution in [1.82, 2.24) is 4.57 Å². The summed E-state index contributed by atoms with van der Waals surface area (Å²) in [5.74, 6) is -0.184. The maximum Gasteiger partial charge on any atom is 0.305 e. The zero-order valence-electron chi connectivity index (χ0n) is 12.1. The molecule has 0 aliphatic heterocycles. The van der Waals surface area contributed by atoms with E-state index in [2.05, 4.69) is 20.0 Å². The minimum absolute atomic E-state index is 0.184. The summed E-state index contributed by atoms with van der Waals surface area (Å²) >= 11 is 0. The molecule has 0 saturated heterocycles. The Hall–Kier alpha value is -0.843. The zero-order chi connectivity index (χ0) is 14.0. The number of carbonyl (C=O) groups excluding carboxylic acids is 2. The Morgan fingerprint density at radius 1 is 1.28 bits per heavy atom. The molecule has 0 N–H and O–H groups in total. The van der Waals surface area contributed by atoms with Gasteiger partial charge in [0.25, 0.3) is 0 Å². The molecule has 0 aliphatic rings. The zero-order valence-corrected chi connectivity index (χ0v) is 13.1. The molecule has 0 atom stereocenters. The summed E-state index contributed by atoms with van der Waals surface area (Å²) in [4.78, 5) is 22.2. The van der Waals surface area contributed by atoms with E-state index in [9.17, 15) is 9.59 Å². The molecule has 0 unspecified atom stereocenters. The van der Waals surface area contributed by atoms with Crippen LogP contribution in [-0.4, -0.2) is 38.3 Å². The van der Waals surface area contributed by atoms with E-state index in [1.165, 1.54) is 0 Å². The number of hydrogen-bond donors (Lipinski definition) is 0. The summed E-state index contributed by atoms with van der Waals surface area (Å²) in [7, 11) is -1.69. The van der Waals surface area contributed by atoms with Crippen LogP contribution in [-0.2, 0) is 14.3 Å². The van der Waals surface area contributed by atoms with Gasteiger partial charge in [-0.25, -0.2) is 0 Å². The van der Waals surface area contributed by atoms with E-state index in [4.69, 9.17) is 4.74 Å². The molecule has 0 bridgehead atoms. The molecule has 5 heteroatoms. The van der Waals surface area contributed by atoms with E-state index in [1.807, 2.05) is 11.0 Å². The molecule has 0 saturated carbocycles. The van der Waals surface area contributed by atoms with Crippen molar-refractivity contribution in [2.45, 2.75) is 58.7 Å². The van der Waals surface area contributed by atoms with Crippen LogP contribution in [0.25, 0.3) is 0 Å². The minimum atomic E-state index is -1.69. The van der Waals surface area contributed by atoms with E-state index in [0.29, 0.717) is 26.0 Å². The van der Waals surface area contributed by atoms with Crippen LogP contribution >= 0.6 is 0 Å². The lowest BCUT2D eigenvalue weighted by atomic mass is 10.3. The van der Waals surface area contributed by atoms with Gasteiger partial charge in [-0.2, -0.15) is 0 Å². The molecule has 0 heterocycles. The quantitative estimate of drug-likeness (QED) is 0.349. The number of ether oxygens (including phenoxy) is 1. The van der Waals surface area contributed by atoms with E-state index < -0.39 is 8.24 Å². The van der Waals surface area contributed by atoms with Gasteiger partial charge in [-0.15, -0.1) is 0 Å². The van der Waals surface area contributed by atoms with Crippen LogP contribution < -0.4 is 0 Å². The van der Waals surface area contributed by atoms with Crippen LogP contribution in [0.2, 0.25) is 19.1 Å². The molecule has 0 aromatic rings. The van der Waals surface area contributed by atoms with Crippen molar-refractivity contribution in [3.63, 3.8) is 0 Å². The van der Waals surface area contributed by atoms with Crippen molar-refractivity contribution in [3.8, 4) is 0 Å². The predicted octanol–water partition coefficient (Wildman–Crippen LogP) is 2.70. The summed E-state index contributed by atoms with van der Waals surface area (Å²) in [5.41, 5.74) is 0. The maximum absolute atomic E-state index is 11.2. The van der Waals surface area contributed by atoms with E-state index in [-0.39, 0.29) is 5.97 Å². The molecule has 1 amide bonds. The summed E-state index contributed by atoms with van der Waals surface area (Å²) in [6.45, 7) is 9.34. The first-order chi connectivity index (χ1) is 8.47. The molecule has 0 fully saturated rings. The van der Waals surface area contributed by atoms with Crippen LogP contribution in [0.3, 0.4) is 0 Å². The van der Waals surface area contributed by atoms with Crippen molar-refractivity contribution in [2.24, 2.45) is 0 Å². The van der Waals surface area contributed by atoms with Gasteiger partial charge in [0.1, 0.15) is 0 Å². The van der Waals surface area contributed by atoms with Gasteiger partial charge in [-0.3, -0.25) is 9.59 Å². The topological polar surface area (TPSA) is 46.6 Å². The summed E-state index contributed by atoms with van der Waals surface area (Å²) in [5, 5.41) is 0. The first-order valence-corrected chi connectivity index (χ1v) is 9.94.